The Morgan fingerprint density at radius 3 is 2.52 bits per heavy atom. The number of aromatic nitrogens is 1. The molecule has 0 unspecified atom stereocenters. The Bertz CT molecular complexity index is 535. The highest BCUT2D eigenvalue weighted by Gasteiger charge is 2.23. The molecule has 0 bridgehead atoms. The van der Waals surface area contributed by atoms with Crippen LogP contribution in [-0.2, 0) is 23.1 Å². The number of sulfonamides is 1. The van der Waals surface area contributed by atoms with Crippen molar-refractivity contribution in [3.63, 3.8) is 0 Å². The van der Waals surface area contributed by atoms with Crippen molar-refractivity contribution in [3.8, 4) is 0 Å². The molecule has 1 aromatic heterocycles. The molecule has 1 N–H and O–H groups in total. The molecule has 5 nitrogen and oxygen atoms in total. The van der Waals surface area contributed by atoms with Crippen LogP contribution in [0.5, 0.6) is 0 Å². The summed E-state index contributed by atoms with van der Waals surface area (Å²) in [4.78, 5) is 0.390. The Morgan fingerprint density at radius 2 is 2.00 bits per heavy atom. The lowest BCUT2D eigenvalue weighted by Gasteiger charge is -2.18. The monoisotopic (exact) mass is 315 g/mol. The lowest BCUT2D eigenvalue weighted by molar-refractivity contribution is 0.417. The molecule has 0 aromatic carbocycles. The molecule has 0 saturated carbocycles. The second-order valence-corrected chi connectivity index (χ2v) is 7.85. The third-order valence-corrected chi connectivity index (χ3v) is 5.15. The topological polar surface area (TPSA) is 54.3 Å². The van der Waals surface area contributed by atoms with Gasteiger partial charge >= 0.3 is 0 Å². The first kappa shape index (κ1) is 18.2. The zero-order chi connectivity index (χ0) is 16.0. The quantitative estimate of drug-likeness (QED) is 0.711. The number of hydrogen-bond acceptors (Lipinski definition) is 3. The van der Waals surface area contributed by atoms with Crippen LogP contribution in [0.25, 0.3) is 0 Å². The van der Waals surface area contributed by atoms with Gasteiger partial charge in [-0.2, -0.15) is 0 Å². The summed E-state index contributed by atoms with van der Waals surface area (Å²) in [5.74, 6) is 0.309. The van der Waals surface area contributed by atoms with E-state index in [0.29, 0.717) is 23.9 Å². The fourth-order valence-corrected chi connectivity index (χ4v) is 3.69. The van der Waals surface area contributed by atoms with Crippen molar-refractivity contribution >= 4 is 10.0 Å². The Kier molecular flexibility index (Phi) is 6.90. The normalized spacial score (nSPS) is 12.5. The first-order chi connectivity index (χ1) is 9.82. The van der Waals surface area contributed by atoms with Crippen LogP contribution < -0.4 is 5.32 Å². The average Bonchev–Trinajstić information content (AvgIpc) is 2.82. The van der Waals surface area contributed by atoms with E-state index in [2.05, 4.69) is 12.2 Å². The van der Waals surface area contributed by atoms with E-state index in [4.69, 9.17) is 0 Å². The smallest absolute Gasteiger partial charge is 0.244 e. The molecule has 0 fully saturated rings. The van der Waals surface area contributed by atoms with Crippen LogP contribution in [0, 0.1) is 5.92 Å². The number of rotatable bonds is 9. The van der Waals surface area contributed by atoms with Crippen LogP contribution in [0.1, 0.15) is 39.8 Å². The molecule has 0 spiro atoms. The molecule has 0 atom stereocenters. The molecular formula is C15H29N3O2S. The predicted octanol–water partition coefficient (Wildman–Crippen LogP) is 2.28. The molecule has 0 aliphatic carbocycles. The Labute approximate surface area is 129 Å². The SMILES string of the molecule is CCCNCc1cc(S(=O)(=O)N(C)CC(C)C)cn1CC. The van der Waals surface area contributed by atoms with Crippen LogP contribution in [-0.4, -0.2) is 37.4 Å². The van der Waals surface area contributed by atoms with Crippen molar-refractivity contribution in [2.24, 2.45) is 5.92 Å². The van der Waals surface area contributed by atoms with Crippen LogP contribution in [0.3, 0.4) is 0 Å². The Balaban J connectivity index is 2.97. The Morgan fingerprint density at radius 1 is 1.33 bits per heavy atom. The number of aryl methyl sites for hydroxylation is 1. The molecule has 1 rings (SSSR count). The van der Waals surface area contributed by atoms with Crippen LogP contribution in [0.2, 0.25) is 0 Å². The molecule has 1 aromatic rings. The molecule has 0 aliphatic heterocycles. The summed E-state index contributed by atoms with van der Waals surface area (Å²) >= 11 is 0. The molecule has 1 heterocycles. The summed E-state index contributed by atoms with van der Waals surface area (Å²) in [6.45, 7) is 11.1. The molecular weight excluding hydrogens is 286 g/mol. The van der Waals surface area contributed by atoms with Crippen LogP contribution in [0.15, 0.2) is 17.2 Å². The summed E-state index contributed by atoms with van der Waals surface area (Å²) < 4.78 is 28.6. The van der Waals surface area contributed by atoms with Crippen molar-refractivity contribution < 1.29 is 8.42 Å². The van der Waals surface area contributed by atoms with E-state index in [9.17, 15) is 8.42 Å². The van der Waals surface area contributed by atoms with Gasteiger partial charge in [0.15, 0.2) is 0 Å². The Hall–Kier alpha value is -0.850. The van der Waals surface area contributed by atoms with Gasteiger partial charge in [0.1, 0.15) is 4.90 Å². The lowest BCUT2D eigenvalue weighted by atomic mass is 10.2. The fourth-order valence-electron chi connectivity index (χ4n) is 2.29. The van der Waals surface area contributed by atoms with Crippen molar-refractivity contribution in [3.05, 3.63) is 18.0 Å². The van der Waals surface area contributed by atoms with Crippen molar-refractivity contribution in [1.29, 1.82) is 0 Å². The van der Waals surface area contributed by atoms with Gasteiger partial charge < -0.3 is 9.88 Å². The van der Waals surface area contributed by atoms with E-state index in [1.165, 1.54) is 4.31 Å². The van der Waals surface area contributed by atoms with Crippen molar-refractivity contribution in [2.75, 3.05) is 20.1 Å². The molecule has 0 radical (unpaired) electrons. The van der Waals surface area contributed by atoms with E-state index in [0.717, 1.165) is 25.2 Å². The zero-order valence-electron chi connectivity index (χ0n) is 13.9. The van der Waals surface area contributed by atoms with Crippen molar-refractivity contribution in [1.82, 2.24) is 14.2 Å². The van der Waals surface area contributed by atoms with Gasteiger partial charge in [-0.15, -0.1) is 0 Å². The lowest BCUT2D eigenvalue weighted by Crippen LogP contribution is -2.30. The molecule has 0 saturated heterocycles. The van der Waals surface area contributed by atoms with E-state index in [-0.39, 0.29) is 0 Å². The van der Waals surface area contributed by atoms with E-state index >= 15 is 0 Å². The maximum atomic E-state index is 12.6. The minimum absolute atomic E-state index is 0.309. The summed E-state index contributed by atoms with van der Waals surface area (Å²) in [5.41, 5.74) is 1.02. The second-order valence-electron chi connectivity index (χ2n) is 5.81. The molecule has 0 aliphatic rings. The molecule has 21 heavy (non-hydrogen) atoms. The average molecular weight is 315 g/mol. The van der Waals surface area contributed by atoms with Gasteiger partial charge in [-0.05, 0) is 31.9 Å². The van der Waals surface area contributed by atoms with Crippen LogP contribution >= 0.6 is 0 Å². The predicted molar refractivity (Wildman–Crippen MR) is 86.8 cm³/mol. The van der Waals surface area contributed by atoms with Crippen LogP contribution in [0.4, 0.5) is 0 Å². The zero-order valence-corrected chi connectivity index (χ0v) is 14.7. The number of nitrogens with one attached hydrogen (secondary N) is 1. The highest BCUT2D eigenvalue weighted by Crippen LogP contribution is 2.19. The number of hydrogen-bond donors (Lipinski definition) is 1. The minimum atomic E-state index is -3.39. The third-order valence-electron chi connectivity index (χ3n) is 3.36. The van der Waals surface area contributed by atoms with Gasteiger partial charge in [-0.3, -0.25) is 0 Å². The first-order valence-electron chi connectivity index (χ1n) is 7.69. The first-order valence-corrected chi connectivity index (χ1v) is 9.13. The number of nitrogens with zero attached hydrogens (tertiary/aromatic N) is 2. The van der Waals surface area contributed by atoms with Gasteiger partial charge in [-0.25, -0.2) is 12.7 Å². The fraction of sp³-hybridized carbons (Fsp3) is 0.733. The van der Waals surface area contributed by atoms with Crippen molar-refractivity contribution in [2.45, 2.75) is 52.1 Å². The highest BCUT2D eigenvalue weighted by atomic mass is 32.2. The van der Waals surface area contributed by atoms with E-state index in [1.54, 1.807) is 19.3 Å². The van der Waals surface area contributed by atoms with Gasteiger partial charge in [0.25, 0.3) is 0 Å². The summed E-state index contributed by atoms with van der Waals surface area (Å²) in [6, 6.07) is 1.79. The minimum Gasteiger partial charge on any atom is -0.349 e. The second kappa shape index (κ2) is 7.96. The maximum absolute atomic E-state index is 12.6. The maximum Gasteiger partial charge on any atom is 0.244 e. The third kappa shape index (κ3) is 4.83. The molecule has 0 amide bonds. The van der Waals surface area contributed by atoms with Gasteiger partial charge in [0.2, 0.25) is 10.0 Å². The van der Waals surface area contributed by atoms with E-state index in [1.807, 2.05) is 25.3 Å². The highest BCUT2D eigenvalue weighted by molar-refractivity contribution is 7.89. The largest absolute Gasteiger partial charge is 0.349 e. The molecule has 122 valence electrons. The van der Waals surface area contributed by atoms with Gasteiger partial charge in [-0.1, -0.05) is 20.8 Å². The van der Waals surface area contributed by atoms with Gasteiger partial charge in [0, 0.05) is 38.6 Å². The summed E-state index contributed by atoms with van der Waals surface area (Å²) in [7, 11) is -1.75. The molecule has 6 heteroatoms. The summed E-state index contributed by atoms with van der Waals surface area (Å²) in [5, 5.41) is 3.32. The van der Waals surface area contributed by atoms with E-state index < -0.39 is 10.0 Å². The van der Waals surface area contributed by atoms with Gasteiger partial charge in [0.05, 0.1) is 0 Å². The summed E-state index contributed by atoms with van der Waals surface area (Å²) in [6.07, 6.45) is 2.81. The standard InChI is InChI=1S/C15H29N3O2S/c1-6-8-16-10-14-9-15(12-18(14)7-2)21(19,20)17(5)11-13(3)4/h9,12-13,16H,6-8,10-11H2,1-5H3.